The van der Waals surface area contributed by atoms with Gasteiger partial charge in [0, 0.05) is 6.42 Å². The van der Waals surface area contributed by atoms with Crippen LogP contribution in [-0.2, 0) is 4.79 Å². The van der Waals surface area contributed by atoms with Crippen LogP contribution in [0.1, 0.15) is 406 Å². The van der Waals surface area contributed by atoms with Crippen molar-refractivity contribution in [3.63, 3.8) is 0 Å². The summed E-state index contributed by atoms with van der Waals surface area (Å²) in [6, 6.07) is -0.622. The highest BCUT2D eigenvalue weighted by molar-refractivity contribution is 5.76. The molecule has 0 aromatic rings. The third-order valence-corrected chi connectivity index (χ3v) is 16.9. The molecule has 0 spiro atoms. The van der Waals surface area contributed by atoms with Crippen LogP contribution in [0.25, 0.3) is 0 Å². The summed E-state index contributed by atoms with van der Waals surface area (Å²) in [5.74, 6) is -0.0553. The van der Waals surface area contributed by atoms with Crippen molar-refractivity contribution in [2.24, 2.45) is 0 Å². The number of carbonyl (C=O) groups excluding carboxylic acids is 1. The van der Waals surface area contributed by atoms with E-state index in [1.165, 1.54) is 353 Å². The Hall–Kier alpha value is -1.39. The average Bonchev–Trinajstić information content (AvgIpc) is 3.43. The van der Waals surface area contributed by atoms with Crippen molar-refractivity contribution in [1.82, 2.24) is 5.32 Å². The summed E-state index contributed by atoms with van der Waals surface area (Å²) >= 11 is 0. The van der Waals surface area contributed by atoms with Crippen molar-refractivity contribution in [1.29, 1.82) is 0 Å². The lowest BCUT2D eigenvalue weighted by Gasteiger charge is -2.20. The van der Waals surface area contributed by atoms with Gasteiger partial charge in [-0.15, -0.1) is 0 Å². The van der Waals surface area contributed by atoms with E-state index in [-0.39, 0.29) is 12.5 Å². The van der Waals surface area contributed by atoms with Gasteiger partial charge in [-0.3, -0.25) is 4.79 Å². The fourth-order valence-corrected chi connectivity index (χ4v) is 11.5. The molecule has 77 heavy (non-hydrogen) atoms. The zero-order valence-electron chi connectivity index (χ0n) is 52.8. The molecule has 0 fully saturated rings. The van der Waals surface area contributed by atoms with E-state index >= 15 is 0 Å². The third kappa shape index (κ3) is 65.3. The van der Waals surface area contributed by atoms with Crippen LogP contribution >= 0.6 is 0 Å². The number of amides is 1. The summed E-state index contributed by atoms with van der Waals surface area (Å²) in [7, 11) is 0. The molecule has 2 unspecified atom stereocenters. The molecule has 0 saturated carbocycles. The lowest BCUT2D eigenvalue weighted by molar-refractivity contribution is -0.123. The van der Waals surface area contributed by atoms with Crippen molar-refractivity contribution < 1.29 is 15.0 Å². The van der Waals surface area contributed by atoms with Gasteiger partial charge in [0.05, 0.1) is 18.8 Å². The Labute approximate surface area is 484 Å². The summed E-state index contributed by atoms with van der Waals surface area (Å²) in [5, 5.41) is 23.3. The SMILES string of the molecule is CCCCCCC/C=C\C/C=C\CCCCCCCCCCCCCCCCCCCCCCCC(=O)NC(CO)C(O)/C=C/CCCCCCCCCCCCCCCCCCCCCCCCCCCCCCCC. The number of rotatable bonds is 67. The third-order valence-electron chi connectivity index (χ3n) is 16.9. The molecule has 0 aromatic carbocycles. The first-order valence-corrected chi connectivity index (χ1v) is 35.7. The molecule has 0 rings (SSSR count). The predicted octanol–water partition coefficient (Wildman–Crippen LogP) is 24.3. The summed E-state index contributed by atoms with van der Waals surface area (Å²) in [6.45, 7) is 4.35. The molecule has 4 nitrogen and oxygen atoms in total. The lowest BCUT2D eigenvalue weighted by atomic mass is 10.0. The van der Waals surface area contributed by atoms with Gasteiger partial charge >= 0.3 is 0 Å². The summed E-state index contributed by atoms with van der Waals surface area (Å²) in [6.07, 6.45) is 95.3. The van der Waals surface area contributed by atoms with Gasteiger partial charge in [0.25, 0.3) is 0 Å². The molecule has 3 N–H and O–H groups in total. The quantitative estimate of drug-likeness (QED) is 0.0420. The van der Waals surface area contributed by atoms with Gasteiger partial charge in [-0.2, -0.15) is 0 Å². The highest BCUT2D eigenvalue weighted by atomic mass is 16.3. The van der Waals surface area contributed by atoms with Crippen LogP contribution in [0.15, 0.2) is 36.5 Å². The van der Waals surface area contributed by atoms with Crippen LogP contribution in [-0.4, -0.2) is 34.9 Å². The number of aliphatic hydroxyl groups excluding tert-OH is 2. The monoisotopic (exact) mass is 1080 g/mol. The molecule has 456 valence electrons. The minimum atomic E-state index is -0.840. The van der Waals surface area contributed by atoms with E-state index in [2.05, 4.69) is 43.5 Å². The summed E-state index contributed by atoms with van der Waals surface area (Å²) < 4.78 is 0. The molecule has 0 aliphatic rings. The molecule has 4 heteroatoms. The van der Waals surface area contributed by atoms with Crippen LogP contribution in [0.4, 0.5) is 0 Å². The van der Waals surface area contributed by atoms with Gasteiger partial charge in [-0.1, -0.05) is 384 Å². The Morgan fingerprint density at radius 2 is 0.532 bits per heavy atom. The zero-order chi connectivity index (χ0) is 55.5. The van der Waals surface area contributed by atoms with Crippen LogP contribution in [0.5, 0.6) is 0 Å². The first-order valence-electron chi connectivity index (χ1n) is 35.7. The van der Waals surface area contributed by atoms with Crippen LogP contribution in [0.3, 0.4) is 0 Å². The second-order valence-electron chi connectivity index (χ2n) is 24.7. The average molecular weight is 1080 g/mol. The summed E-state index contributed by atoms with van der Waals surface area (Å²) in [4.78, 5) is 12.5. The minimum Gasteiger partial charge on any atom is -0.394 e. The molecule has 0 aliphatic carbocycles. The maximum atomic E-state index is 12.5. The Balaban J connectivity index is 3.41. The van der Waals surface area contributed by atoms with Crippen LogP contribution in [0.2, 0.25) is 0 Å². The van der Waals surface area contributed by atoms with Gasteiger partial charge in [-0.05, 0) is 51.4 Å². The van der Waals surface area contributed by atoms with E-state index in [1.807, 2.05) is 6.08 Å². The number of allylic oxidation sites excluding steroid dienone is 5. The molecule has 0 saturated heterocycles. The second-order valence-corrected chi connectivity index (χ2v) is 24.7. The topological polar surface area (TPSA) is 69.6 Å². The second kappa shape index (κ2) is 68.9. The number of carbonyl (C=O) groups is 1. The predicted molar refractivity (Wildman–Crippen MR) is 345 cm³/mol. The number of nitrogens with one attached hydrogen (secondary N) is 1. The molecule has 0 heterocycles. The van der Waals surface area contributed by atoms with E-state index in [9.17, 15) is 15.0 Å². The lowest BCUT2D eigenvalue weighted by Crippen LogP contribution is -2.45. The van der Waals surface area contributed by atoms with Crippen molar-refractivity contribution in [2.45, 2.75) is 418 Å². The van der Waals surface area contributed by atoms with Crippen LogP contribution < -0.4 is 5.32 Å². The number of aliphatic hydroxyl groups is 2. The Kier molecular flexibility index (Phi) is 67.6. The van der Waals surface area contributed by atoms with Crippen molar-refractivity contribution in [3.05, 3.63) is 36.5 Å². The fraction of sp³-hybridized carbons (Fsp3) is 0.904. The van der Waals surface area contributed by atoms with Crippen molar-refractivity contribution in [3.8, 4) is 0 Å². The molecule has 1 amide bonds. The summed E-state index contributed by atoms with van der Waals surface area (Å²) in [5.41, 5.74) is 0. The smallest absolute Gasteiger partial charge is 0.220 e. The molecular formula is C73H141NO3. The van der Waals surface area contributed by atoms with Gasteiger partial charge in [-0.25, -0.2) is 0 Å². The first-order chi connectivity index (χ1) is 38.2. The van der Waals surface area contributed by atoms with Gasteiger partial charge in [0.1, 0.15) is 0 Å². The number of unbranched alkanes of at least 4 members (excludes halogenated alkanes) is 56. The standard InChI is InChI=1S/C73H141NO3/c1-3-5-7-9-11-13-15-17-19-21-23-25-27-29-31-33-35-37-39-41-43-45-47-49-51-53-55-57-59-61-63-65-67-69-73(77)74-71(70-75)72(76)68-66-64-62-60-58-56-54-52-50-48-46-44-42-40-38-36-34-32-30-28-26-24-22-20-18-16-14-12-10-8-6-4-2/h15,17,21,23,66,68,71-72,75-76H,3-14,16,18-20,22,24-65,67,69-70H2,1-2H3,(H,74,77)/b17-15-,23-21-,68-66+. The van der Waals surface area contributed by atoms with E-state index in [0.717, 1.165) is 32.1 Å². The highest BCUT2D eigenvalue weighted by Gasteiger charge is 2.18. The maximum absolute atomic E-state index is 12.5. The zero-order valence-corrected chi connectivity index (χ0v) is 52.8. The molecule has 0 aromatic heterocycles. The van der Waals surface area contributed by atoms with E-state index in [4.69, 9.17) is 0 Å². The molecular weight excluding hydrogens is 939 g/mol. The minimum absolute atomic E-state index is 0.0553. The van der Waals surface area contributed by atoms with Gasteiger partial charge in [0.2, 0.25) is 5.91 Å². The molecule has 2 atom stereocenters. The first kappa shape index (κ1) is 75.6. The Morgan fingerprint density at radius 1 is 0.312 bits per heavy atom. The molecule has 0 bridgehead atoms. The maximum Gasteiger partial charge on any atom is 0.220 e. The highest BCUT2D eigenvalue weighted by Crippen LogP contribution is 2.19. The number of hydrogen-bond donors (Lipinski definition) is 3. The van der Waals surface area contributed by atoms with E-state index in [0.29, 0.717) is 6.42 Å². The normalized spacial score (nSPS) is 12.8. The van der Waals surface area contributed by atoms with Crippen molar-refractivity contribution in [2.75, 3.05) is 6.61 Å². The van der Waals surface area contributed by atoms with E-state index in [1.54, 1.807) is 6.08 Å². The van der Waals surface area contributed by atoms with Crippen LogP contribution in [0, 0.1) is 0 Å². The van der Waals surface area contributed by atoms with Crippen molar-refractivity contribution >= 4 is 5.91 Å². The fourth-order valence-electron chi connectivity index (χ4n) is 11.5. The van der Waals surface area contributed by atoms with E-state index < -0.39 is 12.1 Å². The van der Waals surface area contributed by atoms with Gasteiger partial charge < -0.3 is 15.5 Å². The largest absolute Gasteiger partial charge is 0.394 e. The Bertz CT molecular complexity index is 1180. The molecule has 0 radical (unpaired) electrons. The van der Waals surface area contributed by atoms with Gasteiger partial charge in [0.15, 0.2) is 0 Å². The molecule has 0 aliphatic heterocycles. The Morgan fingerprint density at radius 3 is 0.779 bits per heavy atom. The number of hydrogen-bond acceptors (Lipinski definition) is 3.